The van der Waals surface area contributed by atoms with E-state index in [9.17, 15) is 13.2 Å². The van der Waals surface area contributed by atoms with Gasteiger partial charge in [-0.2, -0.15) is 0 Å². The van der Waals surface area contributed by atoms with Gasteiger partial charge in [-0.15, -0.1) is 0 Å². The van der Waals surface area contributed by atoms with Crippen molar-refractivity contribution in [2.24, 2.45) is 0 Å². The first-order valence-corrected chi connectivity index (χ1v) is 9.53. The van der Waals surface area contributed by atoms with Crippen molar-refractivity contribution in [3.63, 3.8) is 0 Å². The Labute approximate surface area is 149 Å². The van der Waals surface area contributed by atoms with E-state index < -0.39 is 10.0 Å². The molecule has 2 aromatic rings. The highest BCUT2D eigenvalue weighted by Gasteiger charge is 2.16. The molecule has 1 aromatic carbocycles. The van der Waals surface area contributed by atoms with Gasteiger partial charge >= 0.3 is 0 Å². The number of benzene rings is 1. The summed E-state index contributed by atoms with van der Waals surface area (Å²) in [6.45, 7) is 3.86. The van der Waals surface area contributed by atoms with Crippen LogP contribution >= 0.6 is 15.9 Å². The Hall–Kier alpha value is -1.77. The number of sulfonamides is 1. The van der Waals surface area contributed by atoms with Crippen LogP contribution in [0.25, 0.3) is 0 Å². The van der Waals surface area contributed by atoms with Crippen molar-refractivity contribution in [1.29, 1.82) is 0 Å². The van der Waals surface area contributed by atoms with Gasteiger partial charge < -0.3 is 5.32 Å². The third-order valence-corrected chi connectivity index (χ3v) is 5.34. The number of nitrogens with zero attached hydrogens (tertiary/aromatic N) is 1. The SMILES string of the molecule is Cc1ccc(C)c(S(=O)(=O)NCCNC(=O)c2cncc(Br)c2)c1. The Bertz CT molecular complexity index is 853. The maximum Gasteiger partial charge on any atom is 0.252 e. The molecule has 24 heavy (non-hydrogen) atoms. The molecule has 0 atom stereocenters. The fourth-order valence-electron chi connectivity index (χ4n) is 2.07. The normalized spacial score (nSPS) is 11.3. The molecule has 8 heteroatoms. The first-order chi connectivity index (χ1) is 11.3. The number of aryl methyl sites for hydroxylation is 2. The van der Waals surface area contributed by atoms with E-state index >= 15 is 0 Å². The van der Waals surface area contributed by atoms with Crippen molar-refractivity contribution in [1.82, 2.24) is 15.0 Å². The number of pyridine rings is 1. The fraction of sp³-hybridized carbons (Fsp3) is 0.250. The highest BCUT2D eigenvalue weighted by atomic mass is 79.9. The first kappa shape index (κ1) is 18.6. The van der Waals surface area contributed by atoms with Crippen LogP contribution < -0.4 is 10.0 Å². The maximum atomic E-state index is 12.3. The van der Waals surface area contributed by atoms with Crippen LogP contribution in [0.3, 0.4) is 0 Å². The van der Waals surface area contributed by atoms with E-state index in [2.05, 4.69) is 31.0 Å². The van der Waals surface area contributed by atoms with Crippen LogP contribution in [0.2, 0.25) is 0 Å². The van der Waals surface area contributed by atoms with Gasteiger partial charge in [0.05, 0.1) is 10.5 Å². The highest BCUT2D eigenvalue weighted by molar-refractivity contribution is 9.10. The topological polar surface area (TPSA) is 88.2 Å². The number of carbonyl (C=O) groups is 1. The molecule has 2 N–H and O–H groups in total. The summed E-state index contributed by atoms with van der Waals surface area (Å²) >= 11 is 3.24. The molecule has 0 spiro atoms. The molecule has 0 radical (unpaired) electrons. The predicted octanol–water partition coefficient (Wildman–Crippen LogP) is 2.17. The number of carbonyl (C=O) groups excluding carboxylic acids is 1. The zero-order valence-electron chi connectivity index (χ0n) is 13.3. The summed E-state index contributed by atoms with van der Waals surface area (Å²) in [5.41, 5.74) is 1.95. The van der Waals surface area contributed by atoms with Gasteiger partial charge in [0.15, 0.2) is 0 Å². The second kappa shape index (κ2) is 7.87. The molecule has 0 saturated heterocycles. The van der Waals surface area contributed by atoms with Crippen molar-refractivity contribution < 1.29 is 13.2 Å². The monoisotopic (exact) mass is 411 g/mol. The van der Waals surface area contributed by atoms with Gasteiger partial charge in [0.2, 0.25) is 10.0 Å². The van der Waals surface area contributed by atoms with E-state index in [1.807, 2.05) is 13.0 Å². The predicted molar refractivity (Wildman–Crippen MR) is 95.4 cm³/mol. The van der Waals surface area contributed by atoms with Gasteiger partial charge in [0.1, 0.15) is 0 Å². The average molecular weight is 412 g/mol. The molecule has 0 aliphatic rings. The molecule has 1 amide bonds. The molecule has 6 nitrogen and oxygen atoms in total. The number of amides is 1. The molecule has 0 unspecified atom stereocenters. The third kappa shape index (κ3) is 4.86. The quantitative estimate of drug-likeness (QED) is 0.712. The Morgan fingerprint density at radius 2 is 1.92 bits per heavy atom. The molecule has 128 valence electrons. The Morgan fingerprint density at radius 3 is 2.62 bits per heavy atom. The van der Waals surface area contributed by atoms with Crippen molar-refractivity contribution in [2.75, 3.05) is 13.1 Å². The van der Waals surface area contributed by atoms with E-state index in [4.69, 9.17) is 0 Å². The van der Waals surface area contributed by atoms with Crippen molar-refractivity contribution in [2.45, 2.75) is 18.7 Å². The van der Waals surface area contributed by atoms with Gasteiger partial charge in [-0.25, -0.2) is 13.1 Å². The maximum absolute atomic E-state index is 12.3. The van der Waals surface area contributed by atoms with Crippen LogP contribution in [0.4, 0.5) is 0 Å². The molecule has 1 aromatic heterocycles. The lowest BCUT2D eigenvalue weighted by Crippen LogP contribution is -2.35. The van der Waals surface area contributed by atoms with Gasteiger partial charge in [0, 0.05) is 30.0 Å². The highest BCUT2D eigenvalue weighted by Crippen LogP contribution is 2.16. The summed E-state index contributed by atoms with van der Waals surface area (Å²) in [6, 6.07) is 6.90. The van der Waals surface area contributed by atoms with E-state index in [0.717, 1.165) is 5.56 Å². The van der Waals surface area contributed by atoms with Gasteiger partial charge in [-0.3, -0.25) is 9.78 Å². The minimum Gasteiger partial charge on any atom is -0.351 e. The second-order valence-electron chi connectivity index (χ2n) is 5.31. The molecule has 0 bridgehead atoms. The zero-order valence-corrected chi connectivity index (χ0v) is 15.7. The molecule has 0 fully saturated rings. The Kier molecular flexibility index (Phi) is 6.09. The summed E-state index contributed by atoms with van der Waals surface area (Å²) in [5.74, 6) is -0.310. The molecule has 0 aliphatic carbocycles. The summed E-state index contributed by atoms with van der Waals surface area (Å²) in [5, 5.41) is 2.65. The number of hydrogen-bond acceptors (Lipinski definition) is 4. The summed E-state index contributed by atoms with van der Waals surface area (Å²) in [6.07, 6.45) is 3.02. The van der Waals surface area contributed by atoms with Gasteiger partial charge in [0.25, 0.3) is 5.91 Å². The van der Waals surface area contributed by atoms with Crippen LogP contribution in [-0.4, -0.2) is 32.4 Å². The lowest BCUT2D eigenvalue weighted by atomic mass is 10.2. The Morgan fingerprint density at radius 1 is 1.17 bits per heavy atom. The first-order valence-electron chi connectivity index (χ1n) is 7.25. The smallest absolute Gasteiger partial charge is 0.252 e. The van der Waals surface area contributed by atoms with Crippen LogP contribution in [-0.2, 0) is 10.0 Å². The zero-order chi connectivity index (χ0) is 17.7. The Balaban J connectivity index is 1.92. The average Bonchev–Trinajstić information content (AvgIpc) is 2.53. The number of halogens is 1. The minimum atomic E-state index is -3.60. The van der Waals surface area contributed by atoms with E-state index in [1.54, 1.807) is 31.3 Å². The van der Waals surface area contributed by atoms with Gasteiger partial charge in [-0.05, 0) is 53.0 Å². The summed E-state index contributed by atoms with van der Waals surface area (Å²) < 4.78 is 27.8. The van der Waals surface area contributed by atoms with Gasteiger partial charge in [-0.1, -0.05) is 12.1 Å². The van der Waals surface area contributed by atoms with Crippen LogP contribution in [0.15, 0.2) is 46.0 Å². The van der Waals surface area contributed by atoms with Crippen molar-refractivity contribution >= 4 is 31.9 Å². The lowest BCUT2D eigenvalue weighted by Gasteiger charge is -2.11. The number of rotatable bonds is 6. The van der Waals surface area contributed by atoms with Crippen LogP contribution in [0, 0.1) is 13.8 Å². The second-order valence-corrected chi connectivity index (χ2v) is 7.97. The van der Waals surface area contributed by atoms with Crippen molar-refractivity contribution in [3.8, 4) is 0 Å². The lowest BCUT2D eigenvalue weighted by molar-refractivity contribution is 0.0954. The molecular formula is C16H18BrN3O3S. The minimum absolute atomic E-state index is 0.100. The molecule has 1 heterocycles. The number of aromatic nitrogens is 1. The molecule has 0 aliphatic heterocycles. The van der Waals surface area contributed by atoms with Crippen LogP contribution in [0.5, 0.6) is 0 Å². The van der Waals surface area contributed by atoms with E-state index in [-0.39, 0.29) is 23.9 Å². The summed E-state index contributed by atoms with van der Waals surface area (Å²) in [7, 11) is -3.60. The van der Waals surface area contributed by atoms with E-state index in [0.29, 0.717) is 15.6 Å². The standard InChI is InChI=1S/C16H18BrN3O3S/c1-11-3-4-12(2)15(7-11)24(22,23)20-6-5-19-16(21)13-8-14(17)10-18-9-13/h3-4,7-10,20H,5-6H2,1-2H3,(H,19,21). The number of nitrogens with one attached hydrogen (secondary N) is 2. The fourth-order valence-corrected chi connectivity index (χ4v) is 3.80. The number of hydrogen-bond donors (Lipinski definition) is 2. The summed E-state index contributed by atoms with van der Waals surface area (Å²) in [4.78, 5) is 16.1. The third-order valence-electron chi connectivity index (χ3n) is 3.30. The molecule has 2 rings (SSSR count). The van der Waals surface area contributed by atoms with E-state index in [1.165, 1.54) is 6.20 Å². The molecule has 0 saturated carbocycles. The van der Waals surface area contributed by atoms with Crippen LogP contribution in [0.1, 0.15) is 21.5 Å². The van der Waals surface area contributed by atoms with Crippen molar-refractivity contribution in [3.05, 3.63) is 57.8 Å². The molecular weight excluding hydrogens is 394 g/mol. The largest absolute Gasteiger partial charge is 0.351 e.